The molecule has 0 saturated carbocycles. The van der Waals surface area contributed by atoms with Crippen LogP contribution in [0.15, 0.2) is 53.6 Å². The van der Waals surface area contributed by atoms with Gasteiger partial charge in [-0.05, 0) is 56.6 Å². The molecule has 0 atom stereocenters. The molecule has 0 unspecified atom stereocenters. The van der Waals surface area contributed by atoms with Crippen LogP contribution in [0.5, 0.6) is 5.75 Å². The first-order valence-electron chi connectivity index (χ1n) is 11.1. The maximum atomic E-state index is 13.2. The van der Waals surface area contributed by atoms with Crippen LogP contribution in [0.3, 0.4) is 0 Å². The zero-order valence-corrected chi connectivity index (χ0v) is 20.5. The fraction of sp³-hybridized carbons (Fsp3) is 0.375. The van der Waals surface area contributed by atoms with Gasteiger partial charge in [-0.25, -0.2) is 8.42 Å². The fourth-order valence-corrected chi connectivity index (χ4v) is 5.52. The summed E-state index contributed by atoms with van der Waals surface area (Å²) < 4.78 is 40.5. The number of fused-ring (bicyclic) bond motifs is 1. The first-order chi connectivity index (χ1) is 16.3. The molecular weight excluding hydrogens is 456 g/mol. The molecule has 1 amide bonds. The summed E-state index contributed by atoms with van der Waals surface area (Å²) in [6.07, 6.45) is 2.03. The highest BCUT2D eigenvalue weighted by Gasteiger charge is 2.30. The lowest BCUT2D eigenvalue weighted by molar-refractivity contribution is 0.0729. The van der Waals surface area contributed by atoms with Crippen LogP contribution >= 0.6 is 0 Å². The largest absolute Gasteiger partial charge is 0.495 e. The number of carbonyl (C=O) groups is 1. The minimum absolute atomic E-state index is 0.0297. The maximum absolute atomic E-state index is 13.2. The first kappa shape index (κ1) is 24.2. The van der Waals surface area contributed by atoms with Crippen molar-refractivity contribution >= 4 is 32.5 Å². The molecule has 1 saturated heterocycles. The Kier molecular flexibility index (Phi) is 7.22. The number of nitrogens with one attached hydrogen (secondary N) is 1. The van der Waals surface area contributed by atoms with Crippen molar-refractivity contribution in [2.24, 2.45) is 0 Å². The molecular formula is C24H30N4O5S. The summed E-state index contributed by atoms with van der Waals surface area (Å²) in [5.41, 5.74) is 1.95. The normalized spacial score (nSPS) is 15.1. The van der Waals surface area contributed by atoms with Crippen molar-refractivity contribution < 1.29 is 22.7 Å². The van der Waals surface area contributed by atoms with Crippen LogP contribution in [-0.4, -0.2) is 82.2 Å². The number of carbonyl (C=O) groups excluding carboxylic acids is 1. The van der Waals surface area contributed by atoms with Gasteiger partial charge >= 0.3 is 0 Å². The predicted octanol–water partition coefficient (Wildman–Crippen LogP) is 2.48. The Morgan fingerprint density at radius 2 is 1.88 bits per heavy atom. The average molecular weight is 487 g/mol. The number of aromatic nitrogens is 1. The van der Waals surface area contributed by atoms with Gasteiger partial charge in [0.1, 0.15) is 10.6 Å². The molecule has 1 aromatic heterocycles. The van der Waals surface area contributed by atoms with Crippen molar-refractivity contribution in [1.82, 2.24) is 13.8 Å². The van der Waals surface area contributed by atoms with Gasteiger partial charge in [0.25, 0.3) is 5.91 Å². The number of rotatable bonds is 8. The van der Waals surface area contributed by atoms with E-state index in [9.17, 15) is 13.2 Å². The number of methoxy groups -OCH3 is 1. The highest BCUT2D eigenvalue weighted by atomic mass is 32.2. The number of amides is 1. The van der Waals surface area contributed by atoms with Crippen molar-refractivity contribution in [2.45, 2.75) is 11.4 Å². The Hall–Kier alpha value is -2.92. The minimum atomic E-state index is -3.83. The van der Waals surface area contributed by atoms with Crippen LogP contribution in [-0.2, 0) is 21.3 Å². The third-order valence-electron chi connectivity index (χ3n) is 5.83. The molecule has 182 valence electrons. The number of hydrogen-bond donors (Lipinski definition) is 1. The summed E-state index contributed by atoms with van der Waals surface area (Å²) in [5.74, 6) is -0.198. The molecule has 0 aliphatic carbocycles. The molecule has 2 heterocycles. The smallest absolute Gasteiger partial charge is 0.255 e. The number of nitrogens with zero attached hydrogens (tertiary/aromatic N) is 3. The number of hydrogen-bond acceptors (Lipinski definition) is 6. The summed E-state index contributed by atoms with van der Waals surface area (Å²) in [7, 11) is 1.66. The van der Waals surface area contributed by atoms with E-state index in [2.05, 4.69) is 14.8 Å². The van der Waals surface area contributed by atoms with Crippen molar-refractivity contribution in [3.63, 3.8) is 0 Å². The zero-order valence-electron chi connectivity index (χ0n) is 19.7. The predicted molar refractivity (Wildman–Crippen MR) is 131 cm³/mol. The molecule has 3 aromatic rings. The standard InChI is InChI=1S/C24H30N4O5S/c1-26(2)10-11-27-9-8-18-16-20(5-6-21(18)27)25-24(29)19-4-7-22(32-3)23(17-19)34(30,31)28-12-14-33-15-13-28/h4-9,16-17H,10-15H2,1-3H3,(H,25,29). The summed E-state index contributed by atoms with van der Waals surface area (Å²) >= 11 is 0. The summed E-state index contributed by atoms with van der Waals surface area (Å²) in [5, 5.41) is 3.90. The summed E-state index contributed by atoms with van der Waals surface area (Å²) in [4.78, 5) is 15.1. The molecule has 0 radical (unpaired) electrons. The van der Waals surface area contributed by atoms with E-state index in [1.807, 2.05) is 44.6 Å². The van der Waals surface area contributed by atoms with Gasteiger partial charge in [0, 0.05) is 54.5 Å². The van der Waals surface area contributed by atoms with Gasteiger partial charge in [0.2, 0.25) is 10.0 Å². The van der Waals surface area contributed by atoms with E-state index >= 15 is 0 Å². The molecule has 34 heavy (non-hydrogen) atoms. The molecule has 0 spiro atoms. The topological polar surface area (TPSA) is 93.1 Å². The highest BCUT2D eigenvalue weighted by Crippen LogP contribution is 2.29. The van der Waals surface area contributed by atoms with Gasteiger partial charge in [0.05, 0.1) is 20.3 Å². The zero-order chi connectivity index (χ0) is 24.3. The molecule has 0 bridgehead atoms. The van der Waals surface area contributed by atoms with Gasteiger partial charge in [-0.2, -0.15) is 4.31 Å². The second-order valence-electron chi connectivity index (χ2n) is 8.42. The van der Waals surface area contributed by atoms with Crippen LogP contribution in [0, 0.1) is 0 Å². The molecule has 1 aliphatic rings. The van der Waals surface area contributed by atoms with E-state index in [0.717, 1.165) is 24.0 Å². The van der Waals surface area contributed by atoms with Crippen LogP contribution in [0.4, 0.5) is 5.69 Å². The third-order valence-corrected chi connectivity index (χ3v) is 7.75. The molecule has 4 rings (SSSR count). The van der Waals surface area contributed by atoms with Crippen molar-refractivity contribution in [3.05, 3.63) is 54.2 Å². The number of morpholine rings is 1. The monoisotopic (exact) mass is 486 g/mol. The minimum Gasteiger partial charge on any atom is -0.495 e. The third kappa shape index (κ3) is 5.10. The van der Waals surface area contributed by atoms with E-state index in [0.29, 0.717) is 18.9 Å². The second-order valence-corrected chi connectivity index (χ2v) is 10.3. The first-order valence-corrected chi connectivity index (χ1v) is 12.5. The quantitative estimate of drug-likeness (QED) is 0.526. The summed E-state index contributed by atoms with van der Waals surface area (Å²) in [6.45, 7) is 2.98. The maximum Gasteiger partial charge on any atom is 0.255 e. The lowest BCUT2D eigenvalue weighted by Crippen LogP contribution is -2.40. The SMILES string of the molecule is COc1ccc(C(=O)Nc2ccc3c(ccn3CCN(C)C)c2)cc1S(=O)(=O)N1CCOCC1. The van der Waals surface area contributed by atoms with Gasteiger partial charge in [-0.1, -0.05) is 0 Å². The van der Waals surface area contributed by atoms with Crippen LogP contribution in [0.25, 0.3) is 10.9 Å². The Labute approximate surface area is 199 Å². The van der Waals surface area contributed by atoms with Crippen LogP contribution in [0.2, 0.25) is 0 Å². The van der Waals surface area contributed by atoms with Gasteiger partial charge in [-0.15, -0.1) is 0 Å². The molecule has 2 aromatic carbocycles. The highest BCUT2D eigenvalue weighted by molar-refractivity contribution is 7.89. The molecule has 1 fully saturated rings. The van der Waals surface area contributed by atoms with Crippen LogP contribution < -0.4 is 10.1 Å². The number of anilines is 1. The second kappa shape index (κ2) is 10.1. The van der Waals surface area contributed by atoms with Gasteiger partial charge < -0.3 is 24.3 Å². The van der Waals surface area contributed by atoms with Gasteiger partial charge in [0.15, 0.2) is 0 Å². The molecule has 9 nitrogen and oxygen atoms in total. The number of likely N-dealkylation sites (N-methyl/N-ethyl adjacent to an activating group) is 1. The fourth-order valence-electron chi connectivity index (χ4n) is 3.93. The average Bonchev–Trinajstić information content (AvgIpc) is 3.25. The Bertz CT molecular complexity index is 1280. The van der Waals surface area contributed by atoms with Crippen molar-refractivity contribution in [2.75, 3.05) is 59.4 Å². The molecule has 1 N–H and O–H groups in total. The van der Waals surface area contributed by atoms with E-state index in [4.69, 9.17) is 9.47 Å². The van der Waals surface area contributed by atoms with Gasteiger partial charge in [-0.3, -0.25) is 4.79 Å². The Morgan fingerprint density at radius 3 is 2.59 bits per heavy atom. The number of ether oxygens (including phenoxy) is 2. The lowest BCUT2D eigenvalue weighted by Gasteiger charge is -2.26. The van der Waals surface area contributed by atoms with Crippen molar-refractivity contribution in [1.29, 1.82) is 0 Å². The molecule has 1 aliphatic heterocycles. The van der Waals surface area contributed by atoms with Crippen LogP contribution in [0.1, 0.15) is 10.4 Å². The number of sulfonamides is 1. The van der Waals surface area contributed by atoms with Crippen molar-refractivity contribution in [3.8, 4) is 5.75 Å². The van der Waals surface area contributed by atoms with E-state index in [1.54, 1.807) is 6.07 Å². The Morgan fingerprint density at radius 1 is 1.12 bits per heavy atom. The lowest BCUT2D eigenvalue weighted by atomic mass is 10.2. The number of benzene rings is 2. The molecule has 10 heteroatoms. The van der Waals surface area contributed by atoms with E-state index < -0.39 is 15.9 Å². The Balaban J connectivity index is 1.56. The van der Waals surface area contributed by atoms with E-state index in [1.165, 1.54) is 23.5 Å². The van der Waals surface area contributed by atoms with E-state index in [-0.39, 0.29) is 29.3 Å². The summed E-state index contributed by atoms with van der Waals surface area (Å²) in [6, 6.07) is 12.2.